The Labute approximate surface area is 130 Å². The molecule has 0 aliphatic heterocycles. The molecule has 0 saturated carbocycles. The smallest absolute Gasteiger partial charge is 0.251 e. The SMILES string of the molecule is CCCNC(=O)c1cccc(CN[C@H](C)c2cnn(C)n2)c1. The first-order chi connectivity index (χ1) is 10.6. The van der Waals surface area contributed by atoms with Crippen LogP contribution in [0.5, 0.6) is 0 Å². The number of nitrogens with zero attached hydrogens (tertiary/aromatic N) is 3. The van der Waals surface area contributed by atoms with E-state index in [0.29, 0.717) is 18.7 Å². The zero-order valence-electron chi connectivity index (χ0n) is 13.3. The maximum atomic E-state index is 12.0. The first kappa shape index (κ1) is 16.2. The van der Waals surface area contributed by atoms with Gasteiger partial charge >= 0.3 is 0 Å². The van der Waals surface area contributed by atoms with E-state index in [-0.39, 0.29) is 11.9 Å². The van der Waals surface area contributed by atoms with Crippen molar-refractivity contribution in [3.05, 3.63) is 47.3 Å². The third kappa shape index (κ3) is 4.39. The molecule has 1 aromatic heterocycles. The number of amides is 1. The average Bonchev–Trinajstić information content (AvgIpc) is 2.97. The number of hydrogen-bond acceptors (Lipinski definition) is 4. The number of hydrogen-bond donors (Lipinski definition) is 2. The molecule has 2 rings (SSSR count). The lowest BCUT2D eigenvalue weighted by atomic mass is 10.1. The molecule has 1 aromatic carbocycles. The van der Waals surface area contributed by atoms with E-state index < -0.39 is 0 Å². The summed E-state index contributed by atoms with van der Waals surface area (Å²) in [6, 6.07) is 7.77. The minimum absolute atomic E-state index is 0.0225. The molecule has 1 amide bonds. The lowest BCUT2D eigenvalue weighted by molar-refractivity contribution is 0.0953. The molecule has 0 aliphatic rings. The van der Waals surface area contributed by atoms with E-state index in [1.807, 2.05) is 38.1 Å². The number of aromatic nitrogens is 3. The summed E-state index contributed by atoms with van der Waals surface area (Å²) in [5.74, 6) is -0.0225. The number of aryl methyl sites for hydroxylation is 1. The summed E-state index contributed by atoms with van der Waals surface area (Å²) in [6.07, 6.45) is 2.69. The largest absolute Gasteiger partial charge is 0.352 e. The van der Waals surface area contributed by atoms with Gasteiger partial charge in [0.2, 0.25) is 0 Å². The topological polar surface area (TPSA) is 71.8 Å². The van der Waals surface area contributed by atoms with Gasteiger partial charge in [0, 0.05) is 25.7 Å². The Bertz CT molecular complexity index is 623. The molecule has 0 unspecified atom stereocenters. The van der Waals surface area contributed by atoms with Gasteiger partial charge in [0.15, 0.2) is 0 Å². The molecule has 2 aromatic rings. The van der Waals surface area contributed by atoms with Gasteiger partial charge in [-0.3, -0.25) is 4.79 Å². The molecule has 1 atom stereocenters. The van der Waals surface area contributed by atoms with Gasteiger partial charge in [-0.25, -0.2) is 0 Å². The van der Waals surface area contributed by atoms with E-state index in [0.717, 1.165) is 17.7 Å². The molecule has 0 aliphatic carbocycles. The van der Waals surface area contributed by atoms with E-state index in [9.17, 15) is 4.79 Å². The van der Waals surface area contributed by atoms with Gasteiger partial charge in [0.25, 0.3) is 5.91 Å². The van der Waals surface area contributed by atoms with E-state index in [1.54, 1.807) is 18.0 Å². The number of nitrogens with one attached hydrogen (secondary N) is 2. The lowest BCUT2D eigenvalue weighted by Gasteiger charge is -2.12. The fourth-order valence-corrected chi connectivity index (χ4v) is 2.10. The van der Waals surface area contributed by atoms with Crippen molar-refractivity contribution in [2.75, 3.05) is 6.54 Å². The summed E-state index contributed by atoms with van der Waals surface area (Å²) >= 11 is 0. The highest BCUT2D eigenvalue weighted by Crippen LogP contribution is 2.10. The van der Waals surface area contributed by atoms with Crippen LogP contribution in [0.4, 0.5) is 0 Å². The molecule has 22 heavy (non-hydrogen) atoms. The van der Waals surface area contributed by atoms with Crippen molar-refractivity contribution in [2.45, 2.75) is 32.9 Å². The Morgan fingerprint density at radius 3 is 2.91 bits per heavy atom. The molecule has 0 spiro atoms. The van der Waals surface area contributed by atoms with E-state index in [2.05, 4.69) is 20.8 Å². The quantitative estimate of drug-likeness (QED) is 0.818. The Morgan fingerprint density at radius 2 is 2.23 bits per heavy atom. The van der Waals surface area contributed by atoms with Crippen molar-refractivity contribution in [1.82, 2.24) is 25.6 Å². The highest BCUT2D eigenvalue weighted by atomic mass is 16.1. The fraction of sp³-hybridized carbons (Fsp3) is 0.438. The number of benzene rings is 1. The fourth-order valence-electron chi connectivity index (χ4n) is 2.10. The standard InChI is InChI=1S/C16H23N5O/c1-4-8-17-16(22)14-7-5-6-13(9-14)10-18-12(2)15-11-19-21(3)20-15/h5-7,9,11-12,18H,4,8,10H2,1-3H3,(H,17,22)/t12-/m1/s1. The molecule has 2 N–H and O–H groups in total. The van der Waals surface area contributed by atoms with Gasteiger partial charge in [-0.1, -0.05) is 19.1 Å². The molecule has 0 fully saturated rings. The van der Waals surface area contributed by atoms with Crippen LogP contribution in [0.1, 0.15) is 47.9 Å². The van der Waals surface area contributed by atoms with Crippen LogP contribution < -0.4 is 10.6 Å². The second-order valence-corrected chi connectivity index (χ2v) is 5.32. The van der Waals surface area contributed by atoms with Crippen LogP contribution in [0.15, 0.2) is 30.5 Å². The second-order valence-electron chi connectivity index (χ2n) is 5.32. The van der Waals surface area contributed by atoms with Gasteiger partial charge in [-0.2, -0.15) is 15.0 Å². The molecule has 6 heteroatoms. The second kappa shape index (κ2) is 7.70. The Balaban J connectivity index is 1.94. The van der Waals surface area contributed by atoms with E-state index in [1.165, 1.54) is 0 Å². The third-order valence-electron chi connectivity index (χ3n) is 3.40. The summed E-state index contributed by atoms with van der Waals surface area (Å²) in [5, 5.41) is 14.6. The first-order valence-corrected chi connectivity index (χ1v) is 7.57. The minimum atomic E-state index is -0.0225. The van der Waals surface area contributed by atoms with Gasteiger partial charge in [0.1, 0.15) is 0 Å². The normalized spacial score (nSPS) is 12.1. The van der Waals surface area contributed by atoms with Crippen LogP contribution >= 0.6 is 0 Å². The van der Waals surface area contributed by atoms with Crippen molar-refractivity contribution in [2.24, 2.45) is 7.05 Å². The van der Waals surface area contributed by atoms with E-state index >= 15 is 0 Å². The number of carbonyl (C=O) groups excluding carboxylic acids is 1. The van der Waals surface area contributed by atoms with E-state index in [4.69, 9.17) is 0 Å². The Kier molecular flexibility index (Phi) is 5.66. The van der Waals surface area contributed by atoms with Crippen LogP contribution in [0, 0.1) is 0 Å². The average molecular weight is 301 g/mol. The summed E-state index contributed by atoms with van der Waals surface area (Å²) in [6.45, 7) is 5.45. The van der Waals surface area contributed by atoms with Gasteiger partial charge in [-0.15, -0.1) is 0 Å². The van der Waals surface area contributed by atoms with Crippen LogP contribution in [0.2, 0.25) is 0 Å². The molecule has 0 bridgehead atoms. The lowest BCUT2D eigenvalue weighted by Crippen LogP contribution is -2.24. The van der Waals surface area contributed by atoms with Crippen molar-refractivity contribution >= 4 is 5.91 Å². The molecular formula is C16H23N5O. The van der Waals surface area contributed by atoms with Gasteiger partial charge in [0.05, 0.1) is 17.9 Å². The highest BCUT2D eigenvalue weighted by Gasteiger charge is 2.09. The van der Waals surface area contributed by atoms with Gasteiger partial charge in [-0.05, 0) is 31.0 Å². The maximum Gasteiger partial charge on any atom is 0.251 e. The molecule has 0 radical (unpaired) electrons. The minimum Gasteiger partial charge on any atom is -0.352 e. The monoisotopic (exact) mass is 301 g/mol. The van der Waals surface area contributed by atoms with Crippen molar-refractivity contribution in [3.63, 3.8) is 0 Å². The third-order valence-corrected chi connectivity index (χ3v) is 3.40. The maximum absolute atomic E-state index is 12.0. The summed E-state index contributed by atoms with van der Waals surface area (Å²) in [4.78, 5) is 13.5. The van der Waals surface area contributed by atoms with Crippen molar-refractivity contribution < 1.29 is 4.79 Å². The Morgan fingerprint density at radius 1 is 1.41 bits per heavy atom. The molecule has 0 saturated heterocycles. The summed E-state index contributed by atoms with van der Waals surface area (Å²) in [7, 11) is 1.80. The van der Waals surface area contributed by atoms with Crippen molar-refractivity contribution in [3.8, 4) is 0 Å². The predicted molar refractivity (Wildman–Crippen MR) is 85.3 cm³/mol. The zero-order chi connectivity index (χ0) is 15.9. The Hall–Kier alpha value is -2.21. The highest BCUT2D eigenvalue weighted by molar-refractivity contribution is 5.94. The first-order valence-electron chi connectivity index (χ1n) is 7.57. The van der Waals surface area contributed by atoms with Crippen LogP contribution in [-0.2, 0) is 13.6 Å². The summed E-state index contributed by atoms with van der Waals surface area (Å²) < 4.78 is 0. The van der Waals surface area contributed by atoms with Crippen LogP contribution in [-0.4, -0.2) is 27.4 Å². The molecular weight excluding hydrogens is 278 g/mol. The van der Waals surface area contributed by atoms with Crippen LogP contribution in [0.25, 0.3) is 0 Å². The predicted octanol–water partition coefficient (Wildman–Crippen LogP) is 1.81. The summed E-state index contributed by atoms with van der Waals surface area (Å²) in [5.41, 5.74) is 2.67. The van der Waals surface area contributed by atoms with Gasteiger partial charge < -0.3 is 10.6 Å². The van der Waals surface area contributed by atoms with Crippen molar-refractivity contribution in [1.29, 1.82) is 0 Å². The molecule has 1 heterocycles. The van der Waals surface area contributed by atoms with Crippen LogP contribution in [0.3, 0.4) is 0 Å². The molecule has 6 nitrogen and oxygen atoms in total. The zero-order valence-corrected chi connectivity index (χ0v) is 13.3. The number of carbonyl (C=O) groups is 1. The molecule has 118 valence electrons. The number of rotatable bonds is 7.